The Morgan fingerprint density at radius 3 is 2.39 bits per heavy atom. The molecule has 8 heteroatoms. The fourth-order valence-corrected chi connectivity index (χ4v) is 3.99. The van der Waals surface area contributed by atoms with E-state index in [2.05, 4.69) is 10.6 Å². The average Bonchev–Trinajstić information content (AvgIpc) is 3.20. The van der Waals surface area contributed by atoms with Crippen molar-refractivity contribution in [3.05, 3.63) is 94.3 Å². The molecule has 0 unspecified atom stereocenters. The van der Waals surface area contributed by atoms with Gasteiger partial charge in [0.25, 0.3) is 11.8 Å². The Morgan fingerprint density at radius 2 is 1.67 bits per heavy atom. The van der Waals surface area contributed by atoms with Crippen molar-refractivity contribution >= 4 is 11.8 Å². The van der Waals surface area contributed by atoms with E-state index in [4.69, 9.17) is 4.74 Å². The molecule has 0 saturated heterocycles. The maximum Gasteiger partial charge on any atom is 0.268 e. The van der Waals surface area contributed by atoms with Gasteiger partial charge >= 0.3 is 0 Å². The Bertz CT molecular complexity index is 1170. The molecule has 0 bridgehead atoms. The molecule has 33 heavy (non-hydrogen) atoms. The topological polar surface area (TPSA) is 72.4 Å². The maximum absolute atomic E-state index is 14.1. The number of rotatable bonds is 6. The lowest BCUT2D eigenvalue weighted by Crippen LogP contribution is -2.30. The van der Waals surface area contributed by atoms with Crippen LogP contribution in [-0.4, -0.2) is 23.0 Å². The number of fused-ring (bicyclic) bond motifs is 1. The average molecular weight is 453 g/mol. The second kappa shape index (κ2) is 9.54. The van der Waals surface area contributed by atoms with Crippen molar-refractivity contribution in [1.29, 1.82) is 0 Å². The van der Waals surface area contributed by atoms with E-state index in [9.17, 15) is 18.4 Å². The molecule has 0 fully saturated rings. The second-order valence-electron chi connectivity index (χ2n) is 8.06. The van der Waals surface area contributed by atoms with Crippen LogP contribution in [0.5, 0.6) is 0 Å². The first-order valence-electron chi connectivity index (χ1n) is 10.8. The first kappa shape index (κ1) is 22.7. The lowest BCUT2D eigenvalue weighted by atomic mass is 10.1. The predicted octanol–water partition coefficient (Wildman–Crippen LogP) is 4.28. The molecule has 1 aliphatic heterocycles. The molecule has 0 spiro atoms. The van der Waals surface area contributed by atoms with Crippen LogP contribution in [0.3, 0.4) is 0 Å². The highest BCUT2D eigenvalue weighted by atomic mass is 19.1. The summed E-state index contributed by atoms with van der Waals surface area (Å²) < 4.78 is 34.6. The standard InChI is InChI=1S/C25H25F2N3O3/c1-15(17-7-9-18(26)10-8-17)28-25(32)22-13-20(23-14-33-12-11-30(22)23)24(31)29-16(2)19-5-3-4-6-21(19)27/h3-10,13,15-16H,11-12,14H2,1-2H3,(H,28,32)(H,29,31)/t15-,16-/m1/s1. The summed E-state index contributed by atoms with van der Waals surface area (Å²) in [4.78, 5) is 26.1. The highest BCUT2D eigenvalue weighted by Gasteiger charge is 2.27. The van der Waals surface area contributed by atoms with Gasteiger partial charge in [0.05, 0.1) is 36.6 Å². The van der Waals surface area contributed by atoms with Crippen LogP contribution < -0.4 is 10.6 Å². The van der Waals surface area contributed by atoms with E-state index in [1.54, 1.807) is 54.8 Å². The van der Waals surface area contributed by atoms with E-state index in [0.29, 0.717) is 35.7 Å². The normalized spacial score (nSPS) is 14.8. The molecule has 2 N–H and O–H groups in total. The van der Waals surface area contributed by atoms with E-state index in [1.807, 2.05) is 0 Å². The molecule has 0 radical (unpaired) electrons. The highest BCUT2D eigenvalue weighted by Crippen LogP contribution is 2.24. The monoisotopic (exact) mass is 453 g/mol. The summed E-state index contributed by atoms with van der Waals surface area (Å²) in [6.45, 7) is 4.55. The number of amides is 2. The zero-order valence-electron chi connectivity index (χ0n) is 18.4. The van der Waals surface area contributed by atoms with Crippen molar-refractivity contribution in [2.75, 3.05) is 6.61 Å². The van der Waals surface area contributed by atoms with Gasteiger partial charge in [0, 0.05) is 12.1 Å². The van der Waals surface area contributed by atoms with E-state index in [0.717, 1.165) is 5.56 Å². The number of hydrogen-bond donors (Lipinski definition) is 2. The summed E-state index contributed by atoms with van der Waals surface area (Å²) in [5.74, 6) is -1.51. The molecule has 172 valence electrons. The van der Waals surface area contributed by atoms with Gasteiger partial charge in [-0.3, -0.25) is 9.59 Å². The van der Waals surface area contributed by atoms with Gasteiger partial charge in [0.2, 0.25) is 0 Å². The zero-order valence-corrected chi connectivity index (χ0v) is 18.4. The molecular weight excluding hydrogens is 428 g/mol. The number of nitrogens with zero attached hydrogens (tertiary/aromatic N) is 1. The predicted molar refractivity (Wildman–Crippen MR) is 119 cm³/mol. The minimum absolute atomic E-state index is 0.192. The Balaban J connectivity index is 1.56. The molecule has 0 saturated carbocycles. The van der Waals surface area contributed by atoms with Gasteiger partial charge in [-0.15, -0.1) is 0 Å². The number of aromatic nitrogens is 1. The largest absolute Gasteiger partial charge is 0.373 e. The van der Waals surface area contributed by atoms with Crippen molar-refractivity contribution in [2.24, 2.45) is 0 Å². The first-order valence-corrected chi connectivity index (χ1v) is 10.8. The molecule has 2 aromatic carbocycles. The van der Waals surface area contributed by atoms with E-state index < -0.39 is 17.8 Å². The van der Waals surface area contributed by atoms with Gasteiger partial charge in [0.1, 0.15) is 17.3 Å². The van der Waals surface area contributed by atoms with Crippen LogP contribution in [0.2, 0.25) is 0 Å². The minimum Gasteiger partial charge on any atom is -0.373 e. The summed E-state index contributed by atoms with van der Waals surface area (Å²) in [6.07, 6.45) is 0. The van der Waals surface area contributed by atoms with Crippen LogP contribution in [0.1, 0.15) is 63.6 Å². The van der Waals surface area contributed by atoms with E-state index in [-0.39, 0.29) is 24.4 Å². The number of benzene rings is 2. The Morgan fingerprint density at radius 1 is 0.970 bits per heavy atom. The highest BCUT2D eigenvalue weighted by molar-refractivity contribution is 6.01. The Hall–Kier alpha value is -3.52. The Kier molecular flexibility index (Phi) is 6.55. The molecule has 2 amide bonds. The SMILES string of the molecule is C[C@@H](NC(=O)c1cc(C(=O)N[C@H](C)c2ccccc2F)c2n1CCOC2)c1ccc(F)cc1. The molecule has 0 aliphatic carbocycles. The molecule has 4 rings (SSSR count). The molecule has 1 aliphatic rings. The number of carbonyl (C=O) groups is 2. The third-order valence-corrected chi connectivity index (χ3v) is 5.82. The molecule has 6 nitrogen and oxygen atoms in total. The van der Waals surface area contributed by atoms with Crippen LogP contribution in [0.25, 0.3) is 0 Å². The second-order valence-corrected chi connectivity index (χ2v) is 8.06. The summed E-state index contributed by atoms with van der Waals surface area (Å²) in [6, 6.07) is 12.8. The molecule has 3 aromatic rings. The van der Waals surface area contributed by atoms with Crippen molar-refractivity contribution in [2.45, 2.75) is 39.1 Å². The van der Waals surface area contributed by atoms with Crippen molar-refractivity contribution in [1.82, 2.24) is 15.2 Å². The van der Waals surface area contributed by atoms with E-state index >= 15 is 0 Å². The first-order chi connectivity index (χ1) is 15.8. The van der Waals surface area contributed by atoms with Crippen molar-refractivity contribution in [3.63, 3.8) is 0 Å². The van der Waals surface area contributed by atoms with Crippen LogP contribution in [-0.2, 0) is 17.9 Å². The van der Waals surface area contributed by atoms with Crippen LogP contribution in [0, 0.1) is 11.6 Å². The van der Waals surface area contributed by atoms with E-state index in [1.165, 1.54) is 18.2 Å². The third kappa shape index (κ3) is 4.80. The van der Waals surface area contributed by atoms with Gasteiger partial charge in [-0.1, -0.05) is 30.3 Å². The fourth-order valence-electron chi connectivity index (χ4n) is 3.99. The maximum atomic E-state index is 14.1. The van der Waals surface area contributed by atoms with Crippen molar-refractivity contribution in [3.8, 4) is 0 Å². The summed E-state index contributed by atoms with van der Waals surface area (Å²) in [7, 11) is 0. The molecule has 2 atom stereocenters. The lowest BCUT2D eigenvalue weighted by Gasteiger charge is -2.21. The van der Waals surface area contributed by atoms with Crippen molar-refractivity contribution < 1.29 is 23.1 Å². The third-order valence-electron chi connectivity index (χ3n) is 5.82. The molecule has 2 heterocycles. The lowest BCUT2D eigenvalue weighted by molar-refractivity contribution is 0.0774. The van der Waals surface area contributed by atoms with Gasteiger partial charge in [0.15, 0.2) is 0 Å². The summed E-state index contributed by atoms with van der Waals surface area (Å²) >= 11 is 0. The molecule has 1 aromatic heterocycles. The van der Waals surface area contributed by atoms with Gasteiger partial charge < -0.3 is 19.9 Å². The number of hydrogen-bond acceptors (Lipinski definition) is 3. The van der Waals surface area contributed by atoms with Gasteiger partial charge in [-0.25, -0.2) is 8.78 Å². The van der Waals surface area contributed by atoms with Crippen LogP contribution in [0.15, 0.2) is 54.6 Å². The Labute approximate surface area is 190 Å². The zero-order chi connectivity index (χ0) is 23.5. The number of nitrogens with one attached hydrogen (secondary N) is 2. The number of carbonyl (C=O) groups excluding carboxylic acids is 2. The smallest absolute Gasteiger partial charge is 0.268 e. The van der Waals surface area contributed by atoms with Gasteiger partial charge in [-0.2, -0.15) is 0 Å². The quantitative estimate of drug-likeness (QED) is 0.585. The van der Waals surface area contributed by atoms with Gasteiger partial charge in [-0.05, 0) is 43.7 Å². The number of halogens is 2. The number of ether oxygens (including phenoxy) is 1. The summed E-state index contributed by atoms with van der Waals surface area (Å²) in [5, 5.41) is 5.72. The summed E-state index contributed by atoms with van der Waals surface area (Å²) in [5.41, 5.74) is 2.39. The fraction of sp³-hybridized carbons (Fsp3) is 0.280. The van der Waals surface area contributed by atoms with Crippen LogP contribution in [0.4, 0.5) is 8.78 Å². The van der Waals surface area contributed by atoms with Crippen LogP contribution >= 0.6 is 0 Å². The molecular formula is C25H25F2N3O3. The minimum atomic E-state index is -0.561.